The lowest BCUT2D eigenvalue weighted by molar-refractivity contribution is -0.134. The highest BCUT2D eigenvalue weighted by Crippen LogP contribution is 2.49. The number of carbonyl (C=O) groups excluding carboxylic acids is 2. The summed E-state index contributed by atoms with van der Waals surface area (Å²) in [5.41, 5.74) is 3.81. The lowest BCUT2D eigenvalue weighted by Crippen LogP contribution is -2.30. The highest BCUT2D eigenvalue weighted by Gasteiger charge is 2.50. The minimum Gasteiger partial charge on any atom is -0.330 e. The van der Waals surface area contributed by atoms with E-state index in [9.17, 15) is 14.0 Å². The minimum absolute atomic E-state index is 0.0222. The van der Waals surface area contributed by atoms with Crippen molar-refractivity contribution in [1.29, 1.82) is 0 Å². The third kappa shape index (κ3) is 3.98. The van der Waals surface area contributed by atoms with Gasteiger partial charge < -0.3 is 4.90 Å². The molecule has 1 saturated heterocycles. The normalized spacial score (nSPS) is 23.7. The second-order valence-corrected chi connectivity index (χ2v) is 9.51. The molecule has 34 heavy (non-hydrogen) atoms. The molecule has 1 fully saturated rings. The number of nitrogens with zero attached hydrogens (tertiary/aromatic N) is 1. The Morgan fingerprint density at radius 1 is 1.03 bits per heavy atom. The Bertz CT molecular complexity index is 1250. The highest BCUT2D eigenvalue weighted by molar-refractivity contribution is 5.94. The fraction of sp³-hybridized carbons (Fsp3) is 0.267. The largest absolute Gasteiger partial charge is 0.330 e. The molecule has 4 atom stereocenters. The standard InChI is InChI=1S/C30H28FNO2/c1-19-7-6-10-25-28(19)30(34)32(18-21-8-4-3-5-9-21)29(25)24-15-16-27(31)26(17-24)23-13-11-22(12-14-23)20(2)33/h3-6,8-17,19,25,28-29H,7,18H2,1-2H3/t19-,25+,28+,29-/m0/s1. The molecule has 172 valence electrons. The Kier molecular flexibility index (Phi) is 5.91. The number of benzene rings is 3. The fourth-order valence-electron chi connectivity index (χ4n) is 5.53. The molecule has 3 aromatic carbocycles. The molecule has 1 aliphatic heterocycles. The van der Waals surface area contributed by atoms with Crippen LogP contribution in [0.3, 0.4) is 0 Å². The van der Waals surface area contributed by atoms with Crippen LogP contribution in [0.1, 0.15) is 47.8 Å². The zero-order chi connectivity index (χ0) is 23.8. The maximum Gasteiger partial charge on any atom is 0.227 e. The Labute approximate surface area is 199 Å². The van der Waals surface area contributed by atoms with Gasteiger partial charge in [-0.2, -0.15) is 0 Å². The van der Waals surface area contributed by atoms with Gasteiger partial charge >= 0.3 is 0 Å². The van der Waals surface area contributed by atoms with E-state index in [1.54, 1.807) is 24.3 Å². The predicted molar refractivity (Wildman–Crippen MR) is 131 cm³/mol. The van der Waals surface area contributed by atoms with Gasteiger partial charge in [-0.3, -0.25) is 9.59 Å². The summed E-state index contributed by atoms with van der Waals surface area (Å²) < 4.78 is 15.0. The molecule has 0 unspecified atom stereocenters. The number of amides is 1. The van der Waals surface area contributed by atoms with E-state index in [4.69, 9.17) is 0 Å². The lowest BCUT2D eigenvalue weighted by Gasteiger charge is -2.30. The topological polar surface area (TPSA) is 37.4 Å². The summed E-state index contributed by atoms with van der Waals surface area (Å²) in [6.45, 7) is 4.19. The molecule has 3 aromatic rings. The zero-order valence-corrected chi connectivity index (χ0v) is 19.4. The van der Waals surface area contributed by atoms with E-state index in [-0.39, 0.29) is 41.3 Å². The van der Waals surface area contributed by atoms with Crippen LogP contribution in [0.15, 0.2) is 84.9 Å². The van der Waals surface area contributed by atoms with Gasteiger partial charge in [0.2, 0.25) is 5.91 Å². The molecule has 1 amide bonds. The van der Waals surface area contributed by atoms with Crippen LogP contribution >= 0.6 is 0 Å². The number of carbonyl (C=O) groups is 2. The molecule has 1 heterocycles. The number of fused-ring (bicyclic) bond motifs is 1. The highest BCUT2D eigenvalue weighted by atomic mass is 19.1. The second-order valence-electron chi connectivity index (χ2n) is 9.51. The van der Waals surface area contributed by atoms with Crippen LogP contribution in [0.4, 0.5) is 4.39 Å². The Morgan fingerprint density at radius 2 is 1.76 bits per heavy atom. The van der Waals surface area contributed by atoms with Crippen LogP contribution in [0.5, 0.6) is 0 Å². The van der Waals surface area contributed by atoms with Gasteiger partial charge in [-0.05, 0) is 48.1 Å². The van der Waals surface area contributed by atoms with Crippen molar-refractivity contribution in [2.24, 2.45) is 17.8 Å². The van der Waals surface area contributed by atoms with E-state index < -0.39 is 0 Å². The number of likely N-dealkylation sites (tertiary alicyclic amines) is 1. The smallest absolute Gasteiger partial charge is 0.227 e. The third-order valence-electron chi connectivity index (χ3n) is 7.29. The van der Waals surface area contributed by atoms with E-state index in [1.165, 1.54) is 13.0 Å². The Morgan fingerprint density at radius 3 is 2.47 bits per heavy atom. The van der Waals surface area contributed by atoms with E-state index >= 15 is 0 Å². The fourth-order valence-corrected chi connectivity index (χ4v) is 5.53. The van der Waals surface area contributed by atoms with Gasteiger partial charge in [0, 0.05) is 29.5 Å². The summed E-state index contributed by atoms with van der Waals surface area (Å²) in [6, 6.07) is 22.1. The van der Waals surface area contributed by atoms with Gasteiger partial charge in [-0.1, -0.05) is 79.7 Å². The quantitative estimate of drug-likeness (QED) is 0.322. The van der Waals surface area contributed by atoms with E-state index in [1.807, 2.05) is 47.4 Å². The molecular formula is C30H28FNO2. The van der Waals surface area contributed by atoms with Crippen molar-refractivity contribution in [3.05, 3.63) is 107 Å². The zero-order valence-electron chi connectivity index (χ0n) is 19.4. The van der Waals surface area contributed by atoms with Crippen LogP contribution in [0.2, 0.25) is 0 Å². The molecule has 0 N–H and O–H groups in total. The minimum atomic E-state index is -0.317. The monoisotopic (exact) mass is 453 g/mol. The predicted octanol–water partition coefficient (Wildman–Crippen LogP) is 6.61. The van der Waals surface area contributed by atoms with Crippen molar-refractivity contribution < 1.29 is 14.0 Å². The molecule has 0 bridgehead atoms. The van der Waals surface area contributed by atoms with Gasteiger partial charge in [-0.25, -0.2) is 4.39 Å². The number of allylic oxidation sites excluding steroid dienone is 1. The summed E-state index contributed by atoms with van der Waals surface area (Å²) >= 11 is 0. The van der Waals surface area contributed by atoms with Crippen LogP contribution in [-0.4, -0.2) is 16.6 Å². The van der Waals surface area contributed by atoms with E-state index in [0.717, 1.165) is 17.5 Å². The maximum absolute atomic E-state index is 15.0. The SMILES string of the molecule is CC(=O)c1ccc(-c2cc([C@H]3[C@@H]4C=CC[C@H](C)[C@H]4C(=O)N3Cc3ccccc3)ccc2F)cc1. The first-order chi connectivity index (χ1) is 16.4. The van der Waals surface area contributed by atoms with Gasteiger partial charge in [-0.15, -0.1) is 0 Å². The Balaban J connectivity index is 1.57. The van der Waals surface area contributed by atoms with Crippen molar-refractivity contribution >= 4 is 11.7 Å². The van der Waals surface area contributed by atoms with Crippen molar-refractivity contribution in [3.63, 3.8) is 0 Å². The van der Waals surface area contributed by atoms with Gasteiger partial charge in [0.15, 0.2) is 5.78 Å². The molecule has 2 aliphatic rings. The maximum atomic E-state index is 15.0. The number of hydrogen-bond acceptors (Lipinski definition) is 2. The summed E-state index contributed by atoms with van der Waals surface area (Å²) in [4.78, 5) is 27.3. The molecule has 0 aromatic heterocycles. The van der Waals surface area contributed by atoms with Gasteiger partial charge in [0.05, 0.1) is 6.04 Å². The molecule has 1 aliphatic carbocycles. The summed E-state index contributed by atoms with van der Waals surface area (Å²) in [5.74, 6) is 0.0889. The van der Waals surface area contributed by atoms with Crippen molar-refractivity contribution in [1.82, 2.24) is 4.90 Å². The summed E-state index contributed by atoms with van der Waals surface area (Å²) in [6.07, 6.45) is 5.27. The molecule has 4 heteroatoms. The van der Waals surface area contributed by atoms with E-state index in [0.29, 0.717) is 23.2 Å². The third-order valence-corrected chi connectivity index (χ3v) is 7.29. The Hall–Kier alpha value is -3.53. The summed E-state index contributed by atoms with van der Waals surface area (Å²) in [7, 11) is 0. The first kappa shape index (κ1) is 22.3. The van der Waals surface area contributed by atoms with E-state index in [2.05, 4.69) is 19.1 Å². The van der Waals surface area contributed by atoms with Gasteiger partial charge in [0.1, 0.15) is 5.82 Å². The molecule has 0 saturated carbocycles. The lowest BCUT2D eigenvalue weighted by atomic mass is 9.75. The molecule has 5 rings (SSSR count). The number of ketones is 1. The van der Waals surface area contributed by atoms with Crippen molar-refractivity contribution in [2.45, 2.75) is 32.9 Å². The molecule has 0 spiro atoms. The summed E-state index contributed by atoms with van der Waals surface area (Å²) in [5, 5.41) is 0. The molecule has 0 radical (unpaired) electrons. The molecular weight excluding hydrogens is 425 g/mol. The van der Waals surface area contributed by atoms with Crippen LogP contribution < -0.4 is 0 Å². The first-order valence-electron chi connectivity index (χ1n) is 11.9. The van der Waals surface area contributed by atoms with Crippen molar-refractivity contribution in [2.75, 3.05) is 0 Å². The molecule has 3 nitrogen and oxygen atoms in total. The van der Waals surface area contributed by atoms with Crippen molar-refractivity contribution in [3.8, 4) is 11.1 Å². The number of hydrogen-bond donors (Lipinski definition) is 0. The number of Topliss-reactive ketones (excluding diaryl/α,β-unsaturated/α-hetero) is 1. The van der Waals surface area contributed by atoms with Crippen LogP contribution in [0.25, 0.3) is 11.1 Å². The van der Waals surface area contributed by atoms with Crippen LogP contribution in [0, 0.1) is 23.6 Å². The number of rotatable bonds is 5. The number of halogens is 1. The average Bonchev–Trinajstić information content (AvgIpc) is 3.12. The van der Waals surface area contributed by atoms with Crippen LogP contribution in [-0.2, 0) is 11.3 Å². The second kappa shape index (κ2) is 9.02. The first-order valence-corrected chi connectivity index (χ1v) is 11.9. The average molecular weight is 454 g/mol. The van der Waals surface area contributed by atoms with Gasteiger partial charge in [0.25, 0.3) is 0 Å².